The number of unbranched alkanes of at least 4 members (excludes halogenated alkanes) is 6. The molecule has 0 aliphatic heterocycles. The molecule has 1 N–H and O–H groups in total. The smallest absolute Gasteiger partial charge is 0.307 e. The van der Waals surface area contributed by atoms with Gasteiger partial charge >= 0.3 is 11.9 Å². The molecule has 0 aliphatic rings. The Morgan fingerprint density at radius 3 is 2.14 bits per heavy atom. The Hall–Kier alpha value is -1.62. The molecule has 5 nitrogen and oxygen atoms in total. The number of likely N-dealkylation sites (N-methyl/N-ethyl adjacent to an activating group) is 1. The van der Waals surface area contributed by atoms with Gasteiger partial charge in [-0.2, -0.15) is 0 Å². The van der Waals surface area contributed by atoms with Crippen LogP contribution in [0.1, 0.15) is 77.6 Å². The summed E-state index contributed by atoms with van der Waals surface area (Å²) >= 11 is 0. The molecule has 0 aromatic carbocycles. The first-order valence-electron chi connectivity index (χ1n) is 10.8. The molecule has 28 heavy (non-hydrogen) atoms. The molecule has 0 amide bonds. The van der Waals surface area contributed by atoms with Crippen molar-refractivity contribution in [3.05, 3.63) is 24.3 Å². The standard InChI is InChI=1S/C23H41NO4/c1-5-6-7-8-9-10-11-12-13-14-15-16-17-18-23(27)28-21(19-22(25)26)20-24(2,3)4/h7-8,10-11,21H,5-6,9,12-20H2,1-4H3/p+1. The van der Waals surface area contributed by atoms with Crippen molar-refractivity contribution in [1.29, 1.82) is 0 Å². The topological polar surface area (TPSA) is 63.6 Å². The number of nitrogens with zero attached hydrogens (tertiary/aromatic N) is 1. The first-order valence-corrected chi connectivity index (χ1v) is 10.8. The Bertz CT molecular complexity index is 477. The molecule has 0 rings (SSSR count). The van der Waals surface area contributed by atoms with Crippen molar-refractivity contribution in [1.82, 2.24) is 0 Å². The van der Waals surface area contributed by atoms with Crippen molar-refractivity contribution in [3.8, 4) is 0 Å². The predicted molar refractivity (Wildman–Crippen MR) is 115 cm³/mol. The van der Waals surface area contributed by atoms with Gasteiger partial charge in [0.1, 0.15) is 6.54 Å². The van der Waals surface area contributed by atoms with Gasteiger partial charge in [-0.1, -0.05) is 56.9 Å². The normalized spacial score (nSPS) is 13.3. The van der Waals surface area contributed by atoms with Crippen LogP contribution in [0, 0.1) is 0 Å². The Morgan fingerprint density at radius 2 is 1.54 bits per heavy atom. The molecule has 0 fully saturated rings. The second-order valence-corrected chi connectivity index (χ2v) is 8.46. The first kappa shape index (κ1) is 26.4. The lowest BCUT2D eigenvalue weighted by Gasteiger charge is -2.28. The van der Waals surface area contributed by atoms with E-state index in [1.807, 2.05) is 21.1 Å². The number of rotatable bonds is 17. The molecule has 1 unspecified atom stereocenters. The Kier molecular flexibility index (Phi) is 15.4. The van der Waals surface area contributed by atoms with Gasteiger partial charge in [0.05, 0.1) is 27.6 Å². The average Bonchev–Trinajstić information content (AvgIpc) is 2.56. The van der Waals surface area contributed by atoms with Crippen molar-refractivity contribution in [2.45, 2.75) is 83.7 Å². The maximum absolute atomic E-state index is 12.0. The van der Waals surface area contributed by atoms with Gasteiger partial charge in [0, 0.05) is 6.42 Å². The summed E-state index contributed by atoms with van der Waals surface area (Å²) in [5.74, 6) is -1.21. The van der Waals surface area contributed by atoms with Crippen LogP contribution in [0.25, 0.3) is 0 Å². The van der Waals surface area contributed by atoms with E-state index >= 15 is 0 Å². The van der Waals surface area contributed by atoms with E-state index in [0.717, 1.165) is 38.5 Å². The van der Waals surface area contributed by atoms with Crippen molar-refractivity contribution in [2.24, 2.45) is 0 Å². The summed E-state index contributed by atoms with van der Waals surface area (Å²) in [6, 6.07) is 0. The quantitative estimate of drug-likeness (QED) is 0.161. The van der Waals surface area contributed by atoms with Crippen LogP contribution in [0.5, 0.6) is 0 Å². The van der Waals surface area contributed by atoms with E-state index in [9.17, 15) is 9.59 Å². The minimum absolute atomic E-state index is 0.136. The number of carboxylic acids is 1. The highest BCUT2D eigenvalue weighted by molar-refractivity contribution is 5.71. The number of hydrogen-bond acceptors (Lipinski definition) is 3. The monoisotopic (exact) mass is 396 g/mol. The van der Waals surface area contributed by atoms with Crippen molar-refractivity contribution in [3.63, 3.8) is 0 Å². The van der Waals surface area contributed by atoms with Crippen molar-refractivity contribution in [2.75, 3.05) is 27.7 Å². The highest BCUT2D eigenvalue weighted by Gasteiger charge is 2.24. The second kappa shape index (κ2) is 16.3. The van der Waals surface area contributed by atoms with Crippen LogP contribution in [-0.4, -0.2) is 55.3 Å². The van der Waals surface area contributed by atoms with Crippen LogP contribution in [0.2, 0.25) is 0 Å². The summed E-state index contributed by atoms with van der Waals surface area (Å²) in [6.45, 7) is 2.69. The molecular formula is C23H42NO4+. The predicted octanol–water partition coefficient (Wildman–Crippen LogP) is 5.11. The average molecular weight is 397 g/mol. The zero-order chi connectivity index (χ0) is 21.3. The van der Waals surface area contributed by atoms with Crippen LogP contribution in [-0.2, 0) is 14.3 Å². The van der Waals surface area contributed by atoms with E-state index in [1.165, 1.54) is 19.3 Å². The zero-order valence-electron chi connectivity index (χ0n) is 18.5. The molecule has 0 heterocycles. The number of carbonyl (C=O) groups excluding carboxylic acids is 1. The number of carbonyl (C=O) groups is 2. The molecule has 0 aromatic heterocycles. The van der Waals surface area contributed by atoms with Crippen LogP contribution in [0.4, 0.5) is 0 Å². The van der Waals surface area contributed by atoms with Crippen LogP contribution < -0.4 is 0 Å². The third-order valence-electron chi connectivity index (χ3n) is 4.26. The molecule has 162 valence electrons. The number of esters is 1. The summed E-state index contributed by atoms with van der Waals surface area (Å²) in [5, 5.41) is 8.99. The summed E-state index contributed by atoms with van der Waals surface area (Å²) < 4.78 is 5.96. The highest BCUT2D eigenvalue weighted by Crippen LogP contribution is 2.11. The van der Waals surface area contributed by atoms with Gasteiger partial charge in [-0.05, 0) is 32.1 Å². The second-order valence-electron chi connectivity index (χ2n) is 8.46. The van der Waals surface area contributed by atoms with Crippen molar-refractivity contribution < 1.29 is 23.9 Å². The lowest BCUT2D eigenvalue weighted by Crippen LogP contribution is -2.43. The molecule has 0 aliphatic carbocycles. The Labute approximate surface area is 172 Å². The number of aliphatic carboxylic acids is 1. The molecule has 0 spiro atoms. The van der Waals surface area contributed by atoms with E-state index < -0.39 is 12.1 Å². The van der Waals surface area contributed by atoms with Crippen molar-refractivity contribution >= 4 is 11.9 Å². The number of hydrogen-bond donors (Lipinski definition) is 1. The molecule has 0 bridgehead atoms. The number of carboxylic acid groups (broad SMARTS) is 1. The van der Waals surface area contributed by atoms with Crippen LogP contribution in [0.15, 0.2) is 24.3 Å². The van der Waals surface area contributed by atoms with E-state index in [-0.39, 0.29) is 12.4 Å². The molecule has 1 atom stereocenters. The summed E-state index contributed by atoms with van der Waals surface area (Å²) in [7, 11) is 5.88. The maximum Gasteiger partial charge on any atom is 0.307 e. The summed E-state index contributed by atoms with van der Waals surface area (Å²) in [5.41, 5.74) is 0. The van der Waals surface area contributed by atoms with Gasteiger partial charge in [-0.25, -0.2) is 0 Å². The molecule has 5 heteroatoms. The Morgan fingerprint density at radius 1 is 0.929 bits per heavy atom. The van der Waals surface area contributed by atoms with Gasteiger partial charge in [-0.3, -0.25) is 9.59 Å². The number of quaternary nitrogens is 1. The highest BCUT2D eigenvalue weighted by atomic mass is 16.5. The molecule has 0 radical (unpaired) electrons. The van der Waals surface area contributed by atoms with Gasteiger partial charge < -0.3 is 14.3 Å². The van der Waals surface area contributed by atoms with E-state index in [1.54, 1.807) is 0 Å². The summed E-state index contributed by atoms with van der Waals surface area (Å²) in [4.78, 5) is 22.9. The van der Waals surface area contributed by atoms with Gasteiger partial charge in [0.25, 0.3) is 0 Å². The maximum atomic E-state index is 12.0. The molecular weight excluding hydrogens is 354 g/mol. The lowest BCUT2D eigenvalue weighted by atomic mass is 10.1. The van der Waals surface area contributed by atoms with Gasteiger partial charge in [0.2, 0.25) is 0 Å². The van der Waals surface area contributed by atoms with Gasteiger partial charge in [0.15, 0.2) is 6.10 Å². The zero-order valence-corrected chi connectivity index (χ0v) is 18.5. The lowest BCUT2D eigenvalue weighted by molar-refractivity contribution is -0.873. The van der Waals surface area contributed by atoms with Gasteiger partial charge in [-0.15, -0.1) is 0 Å². The molecule has 0 saturated heterocycles. The van der Waals surface area contributed by atoms with E-state index in [2.05, 4.69) is 31.2 Å². The fourth-order valence-electron chi connectivity index (χ4n) is 2.93. The Balaban J connectivity index is 3.77. The molecule has 0 aromatic rings. The molecule has 0 saturated carbocycles. The van der Waals surface area contributed by atoms with E-state index in [0.29, 0.717) is 17.4 Å². The SMILES string of the molecule is CCCC=CCC=CCCCCCCCC(=O)OC(CC(=O)O)C[N+](C)(C)C. The minimum atomic E-state index is -0.933. The summed E-state index contributed by atoms with van der Waals surface area (Å²) in [6.07, 6.45) is 18.4. The van der Waals surface area contributed by atoms with Crippen LogP contribution >= 0.6 is 0 Å². The number of allylic oxidation sites excluding steroid dienone is 4. The third kappa shape index (κ3) is 19.2. The largest absolute Gasteiger partial charge is 0.481 e. The first-order chi connectivity index (χ1) is 13.2. The van der Waals surface area contributed by atoms with Crippen LogP contribution in [0.3, 0.4) is 0 Å². The minimum Gasteiger partial charge on any atom is -0.481 e. The number of ether oxygens (including phenoxy) is 1. The fourth-order valence-corrected chi connectivity index (χ4v) is 2.93. The third-order valence-corrected chi connectivity index (χ3v) is 4.26. The van der Waals surface area contributed by atoms with E-state index in [4.69, 9.17) is 9.84 Å². The fraction of sp³-hybridized carbons (Fsp3) is 0.739.